The first kappa shape index (κ1) is 14.8. The Kier molecular flexibility index (Phi) is 3.96. The van der Waals surface area contributed by atoms with E-state index in [9.17, 15) is 5.11 Å². The summed E-state index contributed by atoms with van der Waals surface area (Å²) in [7, 11) is 0. The van der Waals surface area contributed by atoms with Gasteiger partial charge in [0.1, 0.15) is 5.75 Å². The van der Waals surface area contributed by atoms with Crippen LogP contribution in [0.4, 0.5) is 0 Å². The van der Waals surface area contributed by atoms with Crippen molar-refractivity contribution in [1.29, 1.82) is 0 Å². The number of hydrogen-bond donors (Lipinski definition) is 1. The van der Waals surface area contributed by atoms with Gasteiger partial charge in [0.15, 0.2) is 0 Å². The largest absolute Gasteiger partial charge is 0.507 e. The number of nitrogens with zero attached hydrogens (tertiary/aromatic N) is 1. The number of phenols is 1. The maximum absolute atomic E-state index is 9.54. The Bertz CT molecular complexity index is 455. The van der Waals surface area contributed by atoms with Crippen LogP contribution in [0.2, 0.25) is 0 Å². The van der Waals surface area contributed by atoms with Gasteiger partial charge in [-0.2, -0.15) is 0 Å². The monoisotopic (exact) mass is 327 g/mol. The Morgan fingerprint density at radius 1 is 1.21 bits per heavy atom. The van der Waals surface area contributed by atoms with Crippen molar-refractivity contribution >= 4 is 15.9 Å². The van der Waals surface area contributed by atoms with Gasteiger partial charge < -0.3 is 9.84 Å². The molecule has 0 unspecified atom stereocenters. The molecule has 0 atom stereocenters. The zero-order chi connectivity index (χ0) is 14.3. The molecule has 1 aromatic rings. The van der Waals surface area contributed by atoms with Crippen molar-refractivity contribution in [1.82, 2.24) is 4.90 Å². The molecule has 1 aliphatic heterocycles. The molecule has 1 N–H and O–H groups in total. The lowest BCUT2D eigenvalue weighted by Gasteiger charge is -2.47. The van der Waals surface area contributed by atoms with E-state index in [1.165, 1.54) is 5.56 Å². The zero-order valence-electron chi connectivity index (χ0n) is 12.0. The topological polar surface area (TPSA) is 32.7 Å². The first-order valence-corrected chi connectivity index (χ1v) is 7.36. The van der Waals surface area contributed by atoms with Gasteiger partial charge in [-0.1, -0.05) is 6.07 Å². The summed E-state index contributed by atoms with van der Waals surface area (Å²) in [5.74, 6) is 0.284. The van der Waals surface area contributed by atoms with Gasteiger partial charge in [0, 0.05) is 19.6 Å². The van der Waals surface area contributed by atoms with Crippen LogP contribution in [0.15, 0.2) is 22.7 Å². The van der Waals surface area contributed by atoms with Crippen LogP contribution in [-0.2, 0) is 11.3 Å². The minimum Gasteiger partial charge on any atom is -0.507 e. The Hall–Kier alpha value is -0.580. The molecule has 106 valence electrons. The average molecular weight is 328 g/mol. The number of aromatic hydroxyl groups is 1. The fraction of sp³-hybridized carbons (Fsp3) is 0.600. The standard InChI is InChI=1S/C15H22BrNO2/c1-14(2)9-17(10-15(3,4)19-14)8-11-5-6-13(18)12(16)7-11/h5-7,18H,8-10H2,1-4H3. The van der Waals surface area contributed by atoms with E-state index < -0.39 is 0 Å². The van der Waals surface area contributed by atoms with Gasteiger partial charge in [-0.3, -0.25) is 4.90 Å². The molecule has 1 heterocycles. The number of phenolic OH excluding ortho intramolecular Hbond substituents is 1. The fourth-order valence-electron chi connectivity index (χ4n) is 2.96. The highest BCUT2D eigenvalue weighted by Gasteiger charge is 2.37. The fourth-order valence-corrected chi connectivity index (χ4v) is 3.39. The highest BCUT2D eigenvalue weighted by Crippen LogP contribution is 2.30. The summed E-state index contributed by atoms with van der Waals surface area (Å²) < 4.78 is 6.83. The van der Waals surface area contributed by atoms with Gasteiger partial charge in [-0.25, -0.2) is 0 Å². The number of halogens is 1. The highest BCUT2D eigenvalue weighted by molar-refractivity contribution is 9.10. The summed E-state index contributed by atoms with van der Waals surface area (Å²) in [6, 6.07) is 5.68. The molecule has 2 rings (SSSR count). The van der Waals surface area contributed by atoms with Crippen LogP contribution in [0.3, 0.4) is 0 Å². The molecular formula is C15H22BrNO2. The molecule has 0 saturated carbocycles. The third-order valence-electron chi connectivity index (χ3n) is 3.18. The van der Waals surface area contributed by atoms with Crippen molar-refractivity contribution in [3.8, 4) is 5.75 Å². The Morgan fingerprint density at radius 2 is 1.79 bits per heavy atom. The van der Waals surface area contributed by atoms with Crippen molar-refractivity contribution in [2.75, 3.05) is 13.1 Å². The van der Waals surface area contributed by atoms with Crippen LogP contribution in [0.5, 0.6) is 5.75 Å². The summed E-state index contributed by atoms with van der Waals surface area (Å²) in [6.45, 7) is 11.2. The molecule has 0 aromatic heterocycles. The van der Waals surface area contributed by atoms with E-state index in [1.807, 2.05) is 12.1 Å². The average Bonchev–Trinajstić information content (AvgIpc) is 2.18. The maximum Gasteiger partial charge on any atom is 0.129 e. The zero-order valence-corrected chi connectivity index (χ0v) is 13.6. The van der Waals surface area contributed by atoms with Crippen LogP contribution in [0.25, 0.3) is 0 Å². The van der Waals surface area contributed by atoms with Gasteiger partial charge in [-0.15, -0.1) is 0 Å². The Morgan fingerprint density at radius 3 is 2.32 bits per heavy atom. The van der Waals surface area contributed by atoms with E-state index in [-0.39, 0.29) is 17.0 Å². The lowest BCUT2D eigenvalue weighted by molar-refractivity contribution is -0.182. The van der Waals surface area contributed by atoms with E-state index in [4.69, 9.17) is 4.74 Å². The smallest absolute Gasteiger partial charge is 0.129 e. The van der Waals surface area contributed by atoms with Crippen LogP contribution >= 0.6 is 15.9 Å². The first-order valence-electron chi connectivity index (χ1n) is 6.57. The number of benzene rings is 1. The summed E-state index contributed by atoms with van der Waals surface area (Å²) in [6.07, 6.45) is 0. The Balaban J connectivity index is 2.11. The second-order valence-corrected chi connectivity index (χ2v) is 7.41. The van der Waals surface area contributed by atoms with Crippen molar-refractivity contribution in [2.24, 2.45) is 0 Å². The molecule has 0 radical (unpaired) electrons. The number of rotatable bonds is 2. The molecule has 0 spiro atoms. The van der Waals surface area contributed by atoms with Gasteiger partial charge in [-0.05, 0) is 61.3 Å². The lowest BCUT2D eigenvalue weighted by atomic mass is 9.98. The van der Waals surface area contributed by atoms with Crippen molar-refractivity contribution in [3.63, 3.8) is 0 Å². The van der Waals surface area contributed by atoms with Crippen LogP contribution < -0.4 is 0 Å². The van der Waals surface area contributed by atoms with Crippen molar-refractivity contribution < 1.29 is 9.84 Å². The van der Waals surface area contributed by atoms with Crippen LogP contribution in [-0.4, -0.2) is 34.3 Å². The van der Waals surface area contributed by atoms with Gasteiger partial charge in [0.25, 0.3) is 0 Å². The number of ether oxygens (including phenoxy) is 1. The van der Waals surface area contributed by atoms with Crippen LogP contribution in [0, 0.1) is 0 Å². The molecule has 0 amide bonds. The molecule has 19 heavy (non-hydrogen) atoms. The molecule has 3 nitrogen and oxygen atoms in total. The van der Waals surface area contributed by atoms with Gasteiger partial charge in [0.2, 0.25) is 0 Å². The third kappa shape index (κ3) is 3.94. The second kappa shape index (κ2) is 5.08. The minimum absolute atomic E-state index is 0.129. The first-order chi connectivity index (χ1) is 8.67. The molecule has 1 aromatic carbocycles. The summed E-state index contributed by atoms with van der Waals surface area (Å²) in [5, 5.41) is 9.54. The van der Waals surface area contributed by atoms with Gasteiger partial charge in [0.05, 0.1) is 15.7 Å². The third-order valence-corrected chi connectivity index (χ3v) is 3.81. The number of hydrogen-bond acceptors (Lipinski definition) is 3. The lowest BCUT2D eigenvalue weighted by Crippen LogP contribution is -2.56. The SMILES string of the molecule is CC1(C)CN(Cc2ccc(O)c(Br)c2)CC(C)(C)O1. The minimum atomic E-state index is -0.129. The van der Waals surface area contributed by atoms with Crippen molar-refractivity contribution in [2.45, 2.75) is 45.4 Å². The molecule has 0 bridgehead atoms. The van der Waals surface area contributed by atoms with E-state index in [2.05, 4.69) is 48.5 Å². The molecule has 0 aliphatic carbocycles. The second-order valence-electron chi connectivity index (χ2n) is 6.55. The number of morpholine rings is 1. The predicted molar refractivity (Wildman–Crippen MR) is 80.3 cm³/mol. The van der Waals surface area contributed by atoms with E-state index in [0.717, 1.165) is 24.1 Å². The van der Waals surface area contributed by atoms with Crippen molar-refractivity contribution in [3.05, 3.63) is 28.2 Å². The molecule has 4 heteroatoms. The summed E-state index contributed by atoms with van der Waals surface area (Å²) in [5.41, 5.74) is 0.935. The molecular weight excluding hydrogens is 306 g/mol. The normalized spacial score (nSPS) is 22.4. The van der Waals surface area contributed by atoms with Gasteiger partial charge >= 0.3 is 0 Å². The highest BCUT2D eigenvalue weighted by atomic mass is 79.9. The quantitative estimate of drug-likeness (QED) is 0.901. The maximum atomic E-state index is 9.54. The molecule has 1 aliphatic rings. The Labute approximate surface area is 123 Å². The molecule has 1 saturated heterocycles. The summed E-state index contributed by atoms with van der Waals surface area (Å²) >= 11 is 3.36. The predicted octanol–water partition coefficient (Wildman–Crippen LogP) is 3.54. The van der Waals surface area contributed by atoms with E-state index >= 15 is 0 Å². The van der Waals surface area contributed by atoms with E-state index in [0.29, 0.717) is 0 Å². The van der Waals surface area contributed by atoms with Crippen LogP contribution in [0.1, 0.15) is 33.3 Å². The van der Waals surface area contributed by atoms with E-state index in [1.54, 1.807) is 6.07 Å². The summed E-state index contributed by atoms with van der Waals surface area (Å²) in [4.78, 5) is 2.41. The molecule has 1 fully saturated rings.